The highest BCUT2D eigenvalue weighted by Gasteiger charge is 2.22. The minimum atomic E-state index is -0.571. The second kappa shape index (κ2) is 6.42. The molecule has 0 aliphatic carbocycles. The van der Waals surface area contributed by atoms with Gasteiger partial charge in [0.25, 0.3) is 11.6 Å². The largest absolute Gasteiger partial charge is 0.315 e. The zero-order chi connectivity index (χ0) is 18.3. The minimum absolute atomic E-state index is 0.0952. The van der Waals surface area contributed by atoms with Crippen LogP contribution in [0.4, 0.5) is 15.8 Å². The van der Waals surface area contributed by atoms with Crippen molar-refractivity contribution < 1.29 is 14.1 Å². The van der Waals surface area contributed by atoms with Crippen LogP contribution in [-0.4, -0.2) is 10.8 Å². The summed E-state index contributed by atoms with van der Waals surface area (Å²) in [7, 11) is 0. The number of carbonyl (C=O) groups is 1. The molecule has 128 valence electrons. The Morgan fingerprint density at radius 2 is 1.92 bits per heavy atom. The van der Waals surface area contributed by atoms with Gasteiger partial charge < -0.3 is 5.32 Å². The van der Waals surface area contributed by atoms with Crippen molar-refractivity contribution in [2.75, 3.05) is 5.32 Å². The highest BCUT2D eigenvalue weighted by Crippen LogP contribution is 2.37. The zero-order valence-corrected chi connectivity index (χ0v) is 14.8. The monoisotopic (exact) mass is 378 g/mol. The standard InChI is InChI=1S/C17H12ClFN2O3S/c1-8-5-12(13(21(23)24)6-9(8)2)20-17(22)16-15(18)11-4-3-10(19)7-14(11)25-16/h3-7H,1-2H3,(H,20,22). The molecule has 1 heterocycles. The van der Waals surface area contributed by atoms with Crippen LogP contribution in [0.2, 0.25) is 5.02 Å². The van der Waals surface area contributed by atoms with E-state index in [0.717, 1.165) is 22.5 Å². The van der Waals surface area contributed by atoms with Crippen molar-refractivity contribution in [3.8, 4) is 0 Å². The summed E-state index contributed by atoms with van der Waals surface area (Å²) in [5, 5.41) is 14.5. The predicted molar refractivity (Wildman–Crippen MR) is 97.3 cm³/mol. The highest BCUT2D eigenvalue weighted by molar-refractivity contribution is 7.21. The van der Waals surface area contributed by atoms with E-state index in [1.165, 1.54) is 24.3 Å². The average molecular weight is 379 g/mol. The summed E-state index contributed by atoms with van der Waals surface area (Å²) < 4.78 is 13.9. The molecule has 3 aromatic rings. The molecule has 0 atom stereocenters. The average Bonchev–Trinajstić information content (AvgIpc) is 2.86. The van der Waals surface area contributed by atoms with Gasteiger partial charge in [0.15, 0.2) is 0 Å². The van der Waals surface area contributed by atoms with Crippen molar-refractivity contribution in [3.05, 3.63) is 67.3 Å². The maximum absolute atomic E-state index is 13.3. The number of hydrogen-bond donors (Lipinski definition) is 1. The summed E-state index contributed by atoms with van der Waals surface area (Å²) in [5.74, 6) is -1.000. The Morgan fingerprint density at radius 3 is 2.60 bits per heavy atom. The van der Waals surface area contributed by atoms with Gasteiger partial charge in [-0.3, -0.25) is 14.9 Å². The lowest BCUT2D eigenvalue weighted by molar-refractivity contribution is -0.384. The van der Waals surface area contributed by atoms with Gasteiger partial charge in [0.2, 0.25) is 0 Å². The Kier molecular flexibility index (Phi) is 4.45. The van der Waals surface area contributed by atoms with Crippen LogP contribution < -0.4 is 5.32 Å². The number of carbonyl (C=O) groups excluding carboxylic acids is 1. The highest BCUT2D eigenvalue weighted by atomic mass is 35.5. The molecule has 2 aromatic carbocycles. The van der Waals surface area contributed by atoms with Crippen LogP contribution in [0.1, 0.15) is 20.8 Å². The number of fused-ring (bicyclic) bond motifs is 1. The molecule has 25 heavy (non-hydrogen) atoms. The second-order valence-electron chi connectivity index (χ2n) is 5.55. The van der Waals surface area contributed by atoms with E-state index in [4.69, 9.17) is 11.6 Å². The first-order valence-electron chi connectivity index (χ1n) is 7.22. The molecule has 0 aliphatic rings. The Bertz CT molecular complexity index is 1030. The third kappa shape index (κ3) is 3.20. The Labute approximate surface area is 151 Å². The van der Waals surface area contributed by atoms with Crippen molar-refractivity contribution >= 4 is 50.3 Å². The zero-order valence-electron chi connectivity index (χ0n) is 13.2. The number of nitro benzene ring substituents is 1. The number of nitro groups is 1. The van der Waals surface area contributed by atoms with Crippen molar-refractivity contribution in [2.24, 2.45) is 0 Å². The van der Waals surface area contributed by atoms with E-state index in [1.54, 1.807) is 19.9 Å². The normalized spacial score (nSPS) is 10.9. The molecule has 5 nitrogen and oxygen atoms in total. The van der Waals surface area contributed by atoms with E-state index in [-0.39, 0.29) is 21.3 Å². The number of benzene rings is 2. The molecule has 0 saturated heterocycles. The fourth-order valence-electron chi connectivity index (χ4n) is 2.42. The first kappa shape index (κ1) is 17.3. The first-order valence-corrected chi connectivity index (χ1v) is 8.42. The quantitative estimate of drug-likeness (QED) is 0.485. The number of halogens is 2. The minimum Gasteiger partial charge on any atom is -0.315 e. The molecule has 3 rings (SSSR count). The SMILES string of the molecule is Cc1cc(NC(=O)c2sc3cc(F)ccc3c2Cl)c([N+](=O)[O-])cc1C. The molecule has 0 fully saturated rings. The van der Waals surface area contributed by atoms with Crippen LogP contribution in [0.5, 0.6) is 0 Å². The maximum Gasteiger partial charge on any atom is 0.293 e. The van der Waals surface area contributed by atoms with Gasteiger partial charge in [-0.15, -0.1) is 11.3 Å². The van der Waals surface area contributed by atoms with E-state index in [2.05, 4.69) is 5.32 Å². The first-order chi connectivity index (χ1) is 11.8. The molecule has 0 spiro atoms. The molecule has 0 bridgehead atoms. The third-order valence-corrected chi connectivity index (χ3v) is 5.51. The topological polar surface area (TPSA) is 72.2 Å². The Hall–Kier alpha value is -2.51. The molecule has 1 aromatic heterocycles. The molecular weight excluding hydrogens is 367 g/mol. The number of thiophene rings is 1. The summed E-state index contributed by atoms with van der Waals surface area (Å²) in [6.45, 7) is 3.55. The number of nitrogens with one attached hydrogen (secondary N) is 1. The number of nitrogens with zero attached hydrogens (tertiary/aromatic N) is 1. The van der Waals surface area contributed by atoms with E-state index in [0.29, 0.717) is 10.1 Å². The lowest BCUT2D eigenvalue weighted by Crippen LogP contribution is -2.12. The van der Waals surface area contributed by atoms with Gasteiger partial charge in [-0.2, -0.15) is 0 Å². The summed E-state index contributed by atoms with van der Waals surface area (Å²) in [6, 6.07) is 7.01. The van der Waals surface area contributed by atoms with E-state index in [1.807, 2.05) is 0 Å². The molecule has 8 heteroatoms. The molecular formula is C17H12ClFN2O3S. The van der Waals surface area contributed by atoms with Crippen LogP contribution in [0.25, 0.3) is 10.1 Å². The number of aryl methyl sites for hydroxylation is 2. The molecule has 1 amide bonds. The molecule has 0 aliphatic heterocycles. The van der Waals surface area contributed by atoms with Crippen LogP contribution in [-0.2, 0) is 0 Å². The van der Waals surface area contributed by atoms with E-state index >= 15 is 0 Å². The fraction of sp³-hybridized carbons (Fsp3) is 0.118. The molecule has 1 N–H and O–H groups in total. The summed E-state index contributed by atoms with van der Waals surface area (Å²) in [6.07, 6.45) is 0. The van der Waals surface area contributed by atoms with Crippen LogP contribution >= 0.6 is 22.9 Å². The van der Waals surface area contributed by atoms with Crippen LogP contribution in [0.15, 0.2) is 30.3 Å². The van der Waals surface area contributed by atoms with E-state index < -0.39 is 16.6 Å². The van der Waals surface area contributed by atoms with Crippen molar-refractivity contribution in [3.63, 3.8) is 0 Å². The van der Waals surface area contributed by atoms with E-state index in [9.17, 15) is 19.3 Å². The van der Waals surface area contributed by atoms with Crippen molar-refractivity contribution in [1.29, 1.82) is 0 Å². The van der Waals surface area contributed by atoms with Gasteiger partial charge >= 0.3 is 0 Å². The smallest absolute Gasteiger partial charge is 0.293 e. The second-order valence-corrected chi connectivity index (χ2v) is 6.98. The van der Waals surface area contributed by atoms with Crippen molar-refractivity contribution in [2.45, 2.75) is 13.8 Å². The Balaban J connectivity index is 2.02. The fourth-order valence-corrected chi connectivity index (χ4v) is 3.85. The van der Waals surface area contributed by atoms with Gasteiger partial charge in [-0.25, -0.2) is 4.39 Å². The van der Waals surface area contributed by atoms with Gasteiger partial charge in [0, 0.05) is 16.2 Å². The van der Waals surface area contributed by atoms with Gasteiger partial charge in [0.05, 0.1) is 9.95 Å². The number of anilines is 1. The van der Waals surface area contributed by atoms with Gasteiger partial charge in [-0.05, 0) is 49.2 Å². The van der Waals surface area contributed by atoms with Crippen molar-refractivity contribution in [1.82, 2.24) is 0 Å². The summed E-state index contributed by atoms with van der Waals surface area (Å²) in [4.78, 5) is 23.4. The van der Waals surface area contributed by atoms with Crippen LogP contribution in [0, 0.1) is 29.8 Å². The summed E-state index contributed by atoms with van der Waals surface area (Å²) in [5.41, 5.74) is 1.46. The molecule has 0 radical (unpaired) electrons. The lowest BCUT2D eigenvalue weighted by Gasteiger charge is -2.08. The number of rotatable bonds is 3. The molecule has 0 unspecified atom stereocenters. The lowest BCUT2D eigenvalue weighted by atomic mass is 10.1. The van der Waals surface area contributed by atoms with Gasteiger partial charge in [0.1, 0.15) is 16.4 Å². The molecule has 0 saturated carbocycles. The maximum atomic E-state index is 13.3. The summed E-state index contributed by atoms with van der Waals surface area (Å²) >= 11 is 7.26. The van der Waals surface area contributed by atoms with Crippen LogP contribution in [0.3, 0.4) is 0 Å². The predicted octanol–water partition coefficient (Wildman–Crippen LogP) is 5.47. The number of amides is 1. The number of hydrogen-bond acceptors (Lipinski definition) is 4. The third-order valence-electron chi connectivity index (χ3n) is 3.85. The Morgan fingerprint density at radius 1 is 1.24 bits per heavy atom. The van der Waals surface area contributed by atoms with Gasteiger partial charge in [-0.1, -0.05) is 11.6 Å².